The van der Waals surface area contributed by atoms with Crippen molar-refractivity contribution in [2.45, 2.75) is 63.6 Å². The fraction of sp³-hybridized carbons (Fsp3) is 0.367. The predicted molar refractivity (Wildman–Crippen MR) is 135 cm³/mol. The molecule has 0 amide bonds. The Kier molecular flexibility index (Phi) is 7.98. The summed E-state index contributed by atoms with van der Waals surface area (Å²) >= 11 is 0. The molecule has 0 N–H and O–H groups in total. The molecule has 194 valence electrons. The second kappa shape index (κ2) is 11.5. The zero-order valence-corrected chi connectivity index (χ0v) is 21.0. The van der Waals surface area contributed by atoms with Gasteiger partial charge in [-0.1, -0.05) is 78.9 Å². The predicted octanol–water partition coefficient (Wildman–Crippen LogP) is 4.89. The average Bonchev–Trinajstić information content (AvgIpc) is 3.40. The molecule has 2 saturated heterocycles. The van der Waals surface area contributed by atoms with Gasteiger partial charge in [0, 0.05) is 0 Å². The van der Waals surface area contributed by atoms with Crippen LogP contribution in [0.2, 0.25) is 0 Å². The van der Waals surface area contributed by atoms with Gasteiger partial charge in [0.25, 0.3) is 0 Å². The minimum absolute atomic E-state index is 0.0146. The fourth-order valence-electron chi connectivity index (χ4n) is 4.59. The molecule has 2 heterocycles. The van der Waals surface area contributed by atoms with Crippen LogP contribution in [0, 0.1) is 0 Å². The lowest BCUT2D eigenvalue weighted by molar-refractivity contribution is -0.236. The Balaban J connectivity index is 1.34. The molecule has 5 atom stereocenters. The van der Waals surface area contributed by atoms with Crippen LogP contribution in [0.15, 0.2) is 91.0 Å². The van der Waals surface area contributed by atoms with Crippen molar-refractivity contribution in [3.63, 3.8) is 0 Å². The van der Waals surface area contributed by atoms with Crippen LogP contribution in [-0.2, 0) is 41.6 Å². The number of hydrogen-bond donors (Lipinski definition) is 0. The highest BCUT2D eigenvalue weighted by molar-refractivity contribution is 5.89. The number of rotatable bonds is 10. The number of ether oxygens (including phenoxy) is 6. The van der Waals surface area contributed by atoms with Crippen LogP contribution in [-0.4, -0.2) is 49.1 Å². The molecule has 0 aromatic heterocycles. The number of fused-ring (bicyclic) bond motifs is 1. The zero-order valence-electron chi connectivity index (χ0n) is 21.0. The van der Waals surface area contributed by atoms with E-state index in [9.17, 15) is 4.79 Å². The van der Waals surface area contributed by atoms with Crippen LogP contribution in [0.4, 0.5) is 0 Å². The van der Waals surface area contributed by atoms with Crippen molar-refractivity contribution in [1.29, 1.82) is 0 Å². The molecule has 7 heteroatoms. The molecule has 0 bridgehead atoms. The highest BCUT2D eigenvalue weighted by Gasteiger charge is 2.57. The van der Waals surface area contributed by atoms with Gasteiger partial charge in [0.05, 0.1) is 18.8 Å². The van der Waals surface area contributed by atoms with Crippen molar-refractivity contribution < 1.29 is 33.2 Å². The van der Waals surface area contributed by atoms with Gasteiger partial charge >= 0.3 is 5.97 Å². The summed E-state index contributed by atoms with van der Waals surface area (Å²) in [4.78, 5) is 12.7. The van der Waals surface area contributed by atoms with Gasteiger partial charge < -0.3 is 28.4 Å². The van der Waals surface area contributed by atoms with E-state index in [-0.39, 0.29) is 6.61 Å². The van der Waals surface area contributed by atoms with Crippen LogP contribution in [0.25, 0.3) is 0 Å². The zero-order chi connectivity index (χ0) is 25.7. The molecule has 0 spiro atoms. The van der Waals surface area contributed by atoms with Crippen molar-refractivity contribution in [2.75, 3.05) is 6.61 Å². The molecule has 5 rings (SSSR count). The molecule has 37 heavy (non-hydrogen) atoms. The van der Waals surface area contributed by atoms with E-state index in [2.05, 4.69) is 0 Å². The van der Waals surface area contributed by atoms with Crippen LogP contribution in [0.1, 0.15) is 35.3 Å². The SMILES string of the molecule is CC1(C)O[C@H]2O[C@H]([C@@H](COC(=O)c3ccccc3)OCc3ccccc3)[C@@H](OCc3ccccc3)[C@H]2O1. The molecule has 2 fully saturated rings. The Morgan fingerprint density at radius 3 is 2.08 bits per heavy atom. The summed E-state index contributed by atoms with van der Waals surface area (Å²) in [5, 5.41) is 0. The van der Waals surface area contributed by atoms with Gasteiger partial charge in [-0.25, -0.2) is 4.79 Å². The summed E-state index contributed by atoms with van der Waals surface area (Å²) in [6, 6.07) is 28.6. The topological polar surface area (TPSA) is 72.5 Å². The first-order chi connectivity index (χ1) is 18.0. The summed E-state index contributed by atoms with van der Waals surface area (Å²) in [7, 11) is 0. The van der Waals surface area contributed by atoms with Gasteiger partial charge in [-0.05, 0) is 37.1 Å². The summed E-state index contributed by atoms with van der Waals surface area (Å²) in [6.45, 7) is 4.38. The number of carbonyl (C=O) groups excluding carboxylic acids is 1. The Labute approximate surface area is 217 Å². The molecule has 3 aromatic carbocycles. The second-order valence-corrected chi connectivity index (χ2v) is 9.63. The number of carbonyl (C=O) groups is 1. The maximum Gasteiger partial charge on any atom is 0.338 e. The largest absolute Gasteiger partial charge is 0.459 e. The summed E-state index contributed by atoms with van der Waals surface area (Å²) in [5.41, 5.74) is 2.49. The van der Waals surface area contributed by atoms with Crippen molar-refractivity contribution >= 4 is 5.97 Å². The van der Waals surface area contributed by atoms with Gasteiger partial charge in [0.15, 0.2) is 12.1 Å². The Morgan fingerprint density at radius 1 is 0.838 bits per heavy atom. The monoisotopic (exact) mass is 504 g/mol. The molecule has 0 radical (unpaired) electrons. The van der Waals surface area contributed by atoms with Gasteiger partial charge in [-0.2, -0.15) is 0 Å². The quantitative estimate of drug-likeness (QED) is 0.364. The molecule has 0 aliphatic carbocycles. The van der Waals surface area contributed by atoms with E-state index in [1.54, 1.807) is 24.3 Å². The number of benzene rings is 3. The molecule has 0 unspecified atom stereocenters. The molecule has 7 nitrogen and oxygen atoms in total. The van der Waals surface area contributed by atoms with Crippen LogP contribution in [0.3, 0.4) is 0 Å². The first kappa shape index (κ1) is 25.6. The van der Waals surface area contributed by atoms with E-state index in [4.69, 9.17) is 28.4 Å². The Morgan fingerprint density at radius 2 is 1.43 bits per heavy atom. The van der Waals surface area contributed by atoms with Gasteiger partial charge in [0.1, 0.15) is 31.0 Å². The lowest BCUT2D eigenvalue weighted by atomic mass is 10.1. The number of hydrogen-bond acceptors (Lipinski definition) is 7. The normalized spacial score (nSPS) is 24.9. The third kappa shape index (κ3) is 6.44. The molecule has 3 aromatic rings. The summed E-state index contributed by atoms with van der Waals surface area (Å²) in [5.74, 6) is -1.23. The molecule has 2 aliphatic heterocycles. The first-order valence-corrected chi connectivity index (χ1v) is 12.5. The van der Waals surface area contributed by atoms with Gasteiger partial charge in [-0.15, -0.1) is 0 Å². The van der Waals surface area contributed by atoms with E-state index in [1.807, 2.05) is 80.6 Å². The van der Waals surface area contributed by atoms with Crippen LogP contribution < -0.4 is 0 Å². The standard InChI is InChI=1S/C30H32O7/c1-30(2)36-27-26(33-19-22-14-8-4-9-15-22)25(35-29(27)37-30)24(32-18-21-12-6-3-7-13-21)20-34-28(31)23-16-10-5-11-17-23/h3-17,24-27,29H,18-20H2,1-2H3/t24-,25-,26-,27-,29-/m1/s1. The van der Waals surface area contributed by atoms with E-state index in [0.717, 1.165) is 11.1 Å². The maximum absolute atomic E-state index is 12.7. The average molecular weight is 505 g/mol. The minimum atomic E-state index is -0.797. The van der Waals surface area contributed by atoms with Crippen LogP contribution >= 0.6 is 0 Å². The van der Waals surface area contributed by atoms with E-state index in [1.165, 1.54) is 0 Å². The first-order valence-electron chi connectivity index (χ1n) is 12.5. The molecular formula is C30H32O7. The highest BCUT2D eigenvalue weighted by atomic mass is 16.8. The third-order valence-corrected chi connectivity index (χ3v) is 6.37. The Hall–Kier alpha value is -3.07. The molecule has 0 saturated carbocycles. The summed E-state index contributed by atoms with van der Waals surface area (Å²) < 4.78 is 36.9. The van der Waals surface area contributed by atoms with Gasteiger partial charge in [-0.3, -0.25) is 0 Å². The molecular weight excluding hydrogens is 472 g/mol. The second-order valence-electron chi connectivity index (χ2n) is 9.63. The van der Waals surface area contributed by atoms with E-state index in [0.29, 0.717) is 18.8 Å². The maximum atomic E-state index is 12.7. The lowest BCUT2D eigenvalue weighted by Crippen LogP contribution is -2.45. The van der Waals surface area contributed by atoms with Crippen molar-refractivity contribution in [3.05, 3.63) is 108 Å². The van der Waals surface area contributed by atoms with Crippen molar-refractivity contribution in [1.82, 2.24) is 0 Å². The lowest BCUT2D eigenvalue weighted by Gasteiger charge is -2.31. The Bertz CT molecular complexity index is 1140. The third-order valence-electron chi connectivity index (χ3n) is 6.37. The van der Waals surface area contributed by atoms with E-state index >= 15 is 0 Å². The molecule has 2 aliphatic rings. The smallest absolute Gasteiger partial charge is 0.338 e. The minimum Gasteiger partial charge on any atom is -0.459 e. The highest BCUT2D eigenvalue weighted by Crippen LogP contribution is 2.40. The van der Waals surface area contributed by atoms with Crippen molar-refractivity contribution in [3.8, 4) is 0 Å². The van der Waals surface area contributed by atoms with Crippen molar-refractivity contribution in [2.24, 2.45) is 0 Å². The van der Waals surface area contributed by atoms with Gasteiger partial charge in [0.2, 0.25) is 0 Å². The fourth-order valence-corrected chi connectivity index (χ4v) is 4.59. The number of esters is 1. The summed E-state index contributed by atoms with van der Waals surface area (Å²) in [6.07, 6.45) is -2.76. The van der Waals surface area contributed by atoms with E-state index < -0.39 is 42.5 Å². The van der Waals surface area contributed by atoms with Crippen LogP contribution in [0.5, 0.6) is 0 Å².